The molecule has 0 spiro atoms. The molecule has 2 rings (SSSR count). The lowest BCUT2D eigenvalue weighted by molar-refractivity contribution is 0.0984. The van der Waals surface area contributed by atoms with Crippen LogP contribution in [-0.4, -0.2) is 26.9 Å². The number of hydrogen-bond donors (Lipinski definition) is 2. The standard InChI is InChI=1S/C12H17FN2O3S/c13-11-2-1-3-12(10(11)8-14)15-19(16,17)9-4-6-18-7-5-9/h1-3,9,15H,4-8,14H2. The summed E-state index contributed by atoms with van der Waals surface area (Å²) in [6, 6.07) is 4.23. The van der Waals surface area contributed by atoms with Crippen LogP contribution in [0.5, 0.6) is 0 Å². The summed E-state index contributed by atoms with van der Waals surface area (Å²) < 4.78 is 45.5. The van der Waals surface area contributed by atoms with Crippen molar-refractivity contribution in [3.05, 3.63) is 29.6 Å². The molecule has 1 aromatic carbocycles. The molecule has 0 saturated carbocycles. The van der Waals surface area contributed by atoms with E-state index >= 15 is 0 Å². The average molecular weight is 288 g/mol. The highest BCUT2D eigenvalue weighted by Crippen LogP contribution is 2.23. The molecule has 1 saturated heterocycles. The normalized spacial score (nSPS) is 17.4. The van der Waals surface area contributed by atoms with Crippen LogP contribution in [0.3, 0.4) is 0 Å². The van der Waals surface area contributed by atoms with Gasteiger partial charge in [-0.2, -0.15) is 0 Å². The van der Waals surface area contributed by atoms with Crippen molar-refractivity contribution < 1.29 is 17.5 Å². The van der Waals surface area contributed by atoms with Crippen LogP contribution in [0.25, 0.3) is 0 Å². The van der Waals surface area contributed by atoms with Crippen molar-refractivity contribution in [2.24, 2.45) is 5.73 Å². The van der Waals surface area contributed by atoms with E-state index in [4.69, 9.17) is 10.5 Å². The molecule has 106 valence electrons. The first-order valence-corrected chi connectivity index (χ1v) is 7.66. The molecule has 19 heavy (non-hydrogen) atoms. The van der Waals surface area contributed by atoms with Gasteiger partial charge in [0.25, 0.3) is 0 Å². The van der Waals surface area contributed by atoms with Crippen molar-refractivity contribution in [1.29, 1.82) is 0 Å². The zero-order valence-corrected chi connectivity index (χ0v) is 11.2. The van der Waals surface area contributed by atoms with Gasteiger partial charge < -0.3 is 10.5 Å². The molecule has 5 nitrogen and oxygen atoms in total. The molecule has 0 aliphatic carbocycles. The van der Waals surface area contributed by atoms with Crippen molar-refractivity contribution in [3.63, 3.8) is 0 Å². The highest BCUT2D eigenvalue weighted by Gasteiger charge is 2.28. The smallest absolute Gasteiger partial charge is 0.235 e. The number of sulfonamides is 1. The molecule has 0 aromatic heterocycles. The van der Waals surface area contributed by atoms with Gasteiger partial charge in [-0.05, 0) is 25.0 Å². The average Bonchev–Trinajstić information content (AvgIpc) is 2.40. The fourth-order valence-corrected chi connectivity index (χ4v) is 3.56. The summed E-state index contributed by atoms with van der Waals surface area (Å²) >= 11 is 0. The molecule has 1 aliphatic rings. The Kier molecular flexibility index (Phi) is 4.38. The molecule has 1 heterocycles. The number of anilines is 1. The summed E-state index contributed by atoms with van der Waals surface area (Å²) in [5.74, 6) is -0.505. The van der Waals surface area contributed by atoms with Crippen LogP contribution in [0.15, 0.2) is 18.2 Å². The minimum absolute atomic E-state index is 0.0572. The maximum atomic E-state index is 13.5. The summed E-state index contributed by atoms with van der Waals surface area (Å²) in [6.07, 6.45) is 0.894. The molecule has 1 fully saturated rings. The Morgan fingerprint density at radius 2 is 2.05 bits per heavy atom. The molecule has 0 amide bonds. The van der Waals surface area contributed by atoms with Crippen molar-refractivity contribution >= 4 is 15.7 Å². The zero-order chi connectivity index (χ0) is 13.9. The Morgan fingerprint density at radius 3 is 2.68 bits per heavy atom. The third-order valence-electron chi connectivity index (χ3n) is 3.18. The SMILES string of the molecule is NCc1c(F)cccc1NS(=O)(=O)C1CCOCC1. The van der Waals surface area contributed by atoms with E-state index in [1.54, 1.807) is 0 Å². The monoisotopic (exact) mass is 288 g/mol. The molecular formula is C12H17FN2O3S. The number of hydrogen-bond acceptors (Lipinski definition) is 4. The number of rotatable bonds is 4. The lowest BCUT2D eigenvalue weighted by Crippen LogP contribution is -2.33. The Morgan fingerprint density at radius 1 is 1.37 bits per heavy atom. The van der Waals surface area contributed by atoms with Gasteiger partial charge in [0.15, 0.2) is 0 Å². The second-order valence-electron chi connectivity index (χ2n) is 4.43. The Labute approximate surface area is 112 Å². The predicted molar refractivity (Wildman–Crippen MR) is 70.7 cm³/mol. The Balaban J connectivity index is 2.22. The maximum absolute atomic E-state index is 13.5. The lowest BCUT2D eigenvalue weighted by atomic mass is 10.2. The van der Waals surface area contributed by atoms with E-state index in [-0.39, 0.29) is 17.8 Å². The maximum Gasteiger partial charge on any atom is 0.235 e. The molecule has 0 unspecified atom stereocenters. The van der Waals surface area contributed by atoms with Crippen molar-refractivity contribution in [1.82, 2.24) is 0 Å². The van der Waals surface area contributed by atoms with E-state index in [0.29, 0.717) is 26.1 Å². The van der Waals surface area contributed by atoms with Gasteiger partial charge in [-0.15, -0.1) is 0 Å². The second kappa shape index (κ2) is 5.85. The molecular weight excluding hydrogens is 271 g/mol. The molecule has 1 aromatic rings. The Hall–Kier alpha value is -1.18. The quantitative estimate of drug-likeness (QED) is 0.872. The molecule has 0 radical (unpaired) electrons. The third kappa shape index (κ3) is 3.23. The fourth-order valence-electron chi connectivity index (χ4n) is 2.08. The third-order valence-corrected chi connectivity index (χ3v) is 5.04. The van der Waals surface area contributed by atoms with Crippen LogP contribution in [0.4, 0.5) is 10.1 Å². The summed E-state index contributed by atoms with van der Waals surface area (Å²) in [5.41, 5.74) is 5.85. The summed E-state index contributed by atoms with van der Waals surface area (Å²) in [7, 11) is -3.54. The van der Waals surface area contributed by atoms with Crippen molar-refractivity contribution in [3.8, 4) is 0 Å². The van der Waals surface area contributed by atoms with E-state index in [0.717, 1.165) is 0 Å². The summed E-state index contributed by atoms with van der Waals surface area (Å²) in [5, 5.41) is -0.504. The van der Waals surface area contributed by atoms with Gasteiger partial charge in [0, 0.05) is 25.3 Å². The minimum atomic E-state index is -3.54. The molecule has 0 bridgehead atoms. The first kappa shape index (κ1) is 14.2. The topological polar surface area (TPSA) is 81.4 Å². The van der Waals surface area contributed by atoms with Crippen LogP contribution in [0.1, 0.15) is 18.4 Å². The fraction of sp³-hybridized carbons (Fsp3) is 0.500. The predicted octanol–water partition coefficient (Wildman–Crippen LogP) is 1.21. The van der Waals surface area contributed by atoms with Gasteiger partial charge in [-0.25, -0.2) is 12.8 Å². The van der Waals surface area contributed by atoms with E-state index < -0.39 is 21.1 Å². The van der Waals surface area contributed by atoms with Crippen molar-refractivity contribution in [2.45, 2.75) is 24.6 Å². The molecule has 1 aliphatic heterocycles. The van der Waals surface area contributed by atoms with Crippen LogP contribution < -0.4 is 10.5 Å². The second-order valence-corrected chi connectivity index (χ2v) is 6.39. The van der Waals surface area contributed by atoms with Crippen LogP contribution in [0.2, 0.25) is 0 Å². The first-order valence-electron chi connectivity index (χ1n) is 6.11. The van der Waals surface area contributed by atoms with Crippen LogP contribution >= 0.6 is 0 Å². The number of nitrogens with one attached hydrogen (secondary N) is 1. The van der Waals surface area contributed by atoms with Gasteiger partial charge >= 0.3 is 0 Å². The van der Waals surface area contributed by atoms with Gasteiger partial charge in [-0.1, -0.05) is 6.07 Å². The summed E-state index contributed by atoms with van der Waals surface area (Å²) in [4.78, 5) is 0. The van der Waals surface area contributed by atoms with Gasteiger partial charge in [0.05, 0.1) is 10.9 Å². The molecule has 0 atom stereocenters. The number of halogens is 1. The zero-order valence-electron chi connectivity index (χ0n) is 10.4. The van der Waals surface area contributed by atoms with E-state index in [9.17, 15) is 12.8 Å². The van der Waals surface area contributed by atoms with Crippen LogP contribution in [0, 0.1) is 5.82 Å². The summed E-state index contributed by atoms with van der Waals surface area (Å²) in [6.45, 7) is 0.801. The largest absolute Gasteiger partial charge is 0.381 e. The van der Waals surface area contributed by atoms with Gasteiger partial charge in [-0.3, -0.25) is 4.72 Å². The molecule has 7 heteroatoms. The number of ether oxygens (including phenoxy) is 1. The van der Waals surface area contributed by atoms with E-state index in [2.05, 4.69) is 4.72 Å². The van der Waals surface area contributed by atoms with E-state index in [1.807, 2.05) is 0 Å². The number of benzene rings is 1. The van der Waals surface area contributed by atoms with Crippen LogP contribution in [-0.2, 0) is 21.3 Å². The Bertz CT molecular complexity index is 542. The minimum Gasteiger partial charge on any atom is -0.381 e. The lowest BCUT2D eigenvalue weighted by Gasteiger charge is -2.23. The van der Waals surface area contributed by atoms with Gasteiger partial charge in [0.1, 0.15) is 5.82 Å². The van der Waals surface area contributed by atoms with E-state index in [1.165, 1.54) is 18.2 Å². The highest BCUT2D eigenvalue weighted by molar-refractivity contribution is 7.93. The number of nitrogens with two attached hydrogens (primary N) is 1. The van der Waals surface area contributed by atoms with Crippen molar-refractivity contribution in [2.75, 3.05) is 17.9 Å². The first-order chi connectivity index (χ1) is 9.04. The molecule has 3 N–H and O–H groups in total. The van der Waals surface area contributed by atoms with Gasteiger partial charge in [0.2, 0.25) is 10.0 Å². The highest BCUT2D eigenvalue weighted by atomic mass is 32.2.